The molecule has 1 aromatic rings. The highest BCUT2D eigenvalue weighted by atomic mass is 35.5. The first-order valence-corrected chi connectivity index (χ1v) is 6.07. The second-order valence-electron chi connectivity index (χ2n) is 2.36. The van der Waals surface area contributed by atoms with Crippen molar-refractivity contribution in [3.63, 3.8) is 0 Å². The fraction of sp³-hybridized carbons (Fsp3) is 0.333. The lowest BCUT2D eigenvalue weighted by Crippen LogP contribution is -2.17. The highest BCUT2D eigenvalue weighted by Gasteiger charge is 2.20. The van der Waals surface area contributed by atoms with Crippen LogP contribution in [0.15, 0.2) is 16.1 Å². The van der Waals surface area contributed by atoms with Gasteiger partial charge in [0.05, 0.1) is 12.1 Å². The molecule has 8 heteroatoms. The minimum Gasteiger partial charge on any atom is -0.312 e. The molecule has 0 saturated carbocycles. The Kier molecular flexibility index (Phi) is 3.52. The van der Waals surface area contributed by atoms with E-state index in [-0.39, 0.29) is 11.6 Å². The number of aromatic amines is 1. The van der Waals surface area contributed by atoms with Gasteiger partial charge in [0.1, 0.15) is 5.02 Å². The molecule has 14 heavy (non-hydrogen) atoms. The number of hydrogen-bond donors (Lipinski definition) is 1. The van der Waals surface area contributed by atoms with Crippen molar-refractivity contribution < 1.29 is 8.42 Å². The predicted molar refractivity (Wildman–Crippen MR) is 52.6 cm³/mol. The molecule has 0 aromatic carbocycles. The third kappa shape index (κ3) is 2.26. The highest BCUT2D eigenvalue weighted by Crippen LogP contribution is 2.14. The summed E-state index contributed by atoms with van der Waals surface area (Å²) in [6.45, 7) is 0. The van der Waals surface area contributed by atoms with Gasteiger partial charge in [0.15, 0.2) is 14.9 Å². The van der Waals surface area contributed by atoms with E-state index < -0.39 is 25.4 Å². The van der Waals surface area contributed by atoms with E-state index in [2.05, 4.69) is 9.97 Å². The van der Waals surface area contributed by atoms with Crippen molar-refractivity contribution in [3.8, 4) is 0 Å². The summed E-state index contributed by atoms with van der Waals surface area (Å²) in [5.41, 5.74) is -0.685. The van der Waals surface area contributed by atoms with Crippen molar-refractivity contribution in [2.75, 3.05) is 11.6 Å². The average Bonchev–Trinajstić information content (AvgIpc) is 2.09. The summed E-state index contributed by atoms with van der Waals surface area (Å²) in [6.07, 6.45) is 0.981. The van der Waals surface area contributed by atoms with Crippen LogP contribution in [-0.2, 0) is 9.84 Å². The molecule has 0 aliphatic carbocycles. The minimum atomic E-state index is -3.66. The zero-order valence-corrected chi connectivity index (χ0v) is 9.16. The molecule has 0 aliphatic rings. The Hall–Kier alpha value is -0.590. The number of nitrogens with one attached hydrogen (secondary N) is 1. The molecular formula is C6H6Cl2N2O3S. The zero-order chi connectivity index (χ0) is 10.8. The van der Waals surface area contributed by atoms with Crippen molar-refractivity contribution in [2.24, 2.45) is 0 Å². The van der Waals surface area contributed by atoms with E-state index in [4.69, 9.17) is 23.2 Å². The Morgan fingerprint density at radius 3 is 2.71 bits per heavy atom. The third-order valence-corrected chi connectivity index (χ3v) is 3.92. The molecule has 1 N–H and O–H groups in total. The van der Waals surface area contributed by atoms with E-state index >= 15 is 0 Å². The Bertz CT molecular complexity index is 482. The fourth-order valence-corrected chi connectivity index (χ4v) is 2.82. The fourth-order valence-electron chi connectivity index (χ4n) is 0.782. The number of alkyl halides is 1. The van der Waals surface area contributed by atoms with Gasteiger partial charge in [0.2, 0.25) is 0 Å². The Balaban J connectivity index is 3.34. The Morgan fingerprint density at radius 1 is 1.50 bits per heavy atom. The predicted octanol–water partition coefficient (Wildman–Crippen LogP) is 0.436. The molecule has 0 aliphatic heterocycles. The van der Waals surface area contributed by atoms with Crippen molar-refractivity contribution >= 4 is 33.0 Å². The molecule has 5 nitrogen and oxygen atoms in total. The summed E-state index contributed by atoms with van der Waals surface area (Å²) in [5, 5.41) is -0.860. The van der Waals surface area contributed by atoms with Crippen LogP contribution >= 0.6 is 23.2 Å². The number of sulfone groups is 1. The summed E-state index contributed by atoms with van der Waals surface area (Å²) in [5.74, 6) is -0.377. The summed E-state index contributed by atoms with van der Waals surface area (Å²) in [7, 11) is -3.66. The van der Waals surface area contributed by atoms with Crippen LogP contribution in [0.2, 0.25) is 5.02 Å². The molecule has 0 spiro atoms. The molecule has 0 amide bonds. The maximum absolute atomic E-state index is 11.4. The Labute approximate surface area is 90.0 Å². The minimum absolute atomic E-state index is 0.0762. The van der Waals surface area contributed by atoms with Crippen molar-refractivity contribution in [1.82, 2.24) is 9.97 Å². The Morgan fingerprint density at radius 2 is 2.14 bits per heavy atom. The maximum Gasteiger partial charge on any atom is 0.270 e. The van der Waals surface area contributed by atoms with Crippen LogP contribution in [0.5, 0.6) is 0 Å². The van der Waals surface area contributed by atoms with Gasteiger partial charge in [0.25, 0.3) is 5.56 Å². The molecule has 0 saturated heterocycles. The lowest BCUT2D eigenvalue weighted by molar-refractivity contribution is 0.593. The zero-order valence-electron chi connectivity index (χ0n) is 6.83. The van der Waals surface area contributed by atoms with Crippen LogP contribution in [-0.4, -0.2) is 30.0 Å². The highest BCUT2D eigenvalue weighted by molar-refractivity contribution is 7.91. The molecule has 0 fully saturated rings. The van der Waals surface area contributed by atoms with Crippen LogP contribution in [0.3, 0.4) is 0 Å². The van der Waals surface area contributed by atoms with E-state index in [0.29, 0.717) is 0 Å². The van der Waals surface area contributed by atoms with Crippen LogP contribution in [0.1, 0.15) is 0 Å². The van der Waals surface area contributed by atoms with Crippen LogP contribution < -0.4 is 5.56 Å². The van der Waals surface area contributed by atoms with Gasteiger partial charge in [-0.2, -0.15) is 0 Å². The molecule has 0 atom stereocenters. The largest absolute Gasteiger partial charge is 0.312 e. The van der Waals surface area contributed by atoms with E-state index in [9.17, 15) is 13.2 Å². The van der Waals surface area contributed by atoms with Crippen molar-refractivity contribution in [3.05, 3.63) is 21.7 Å². The maximum atomic E-state index is 11.4. The molecular weight excluding hydrogens is 251 g/mol. The van der Waals surface area contributed by atoms with E-state index in [0.717, 1.165) is 6.33 Å². The van der Waals surface area contributed by atoms with Gasteiger partial charge in [-0.25, -0.2) is 13.4 Å². The summed E-state index contributed by atoms with van der Waals surface area (Å²) in [4.78, 5) is 16.6. The summed E-state index contributed by atoms with van der Waals surface area (Å²) >= 11 is 10.8. The van der Waals surface area contributed by atoms with Gasteiger partial charge < -0.3 is 4.98 Å². The normalized spacial score (nSPS) is 11.6. The average molecular weight is 257 g/mol. The molecule has 1 aromatic heterocycles. The number of nitrogens with zero attached hydrogens (tertiary/aromatic N) is 1. The molecule has 1 heterocycles. The molecule has 0 radical (unpaired) electrons. The van der Waals surface area contributed by atoms with Crippen LogP contribution in [0.25, 0.3) is 0 Å². The molecule has 78 valence electrons. The van der Waals surface area contributed by atoms with E-state index in [1.54, 1.807) is 0 Å². The first kappa shape index (κ1) is 11.5. The van der Waals surface area contributed by atoms with Gasteiger partial charge in [-0.15, -0.1) is 11.6 Å². The lowest BCUT2D eigenvalue weighted by atomic mass is 10.7. The molecule has 0 unspecified atom stereocenters. The molecule has 0 bridgehead atoms. The molecule has 1 rings (SSSR count). The van der Waals surface area contributed by atoms with E-state index in [1.807, 2.05) is 0 Å². The monoisotopic (exact) mass is 256 g/mol. The first-order valence-electron chi connectivity index (χ1n) is 3.51. The summed E-state index contributed by atoms with van der Waals surface area (Å²) in [6, 6.07) is 0. The van der Waals surface area contributed by atoms with Gasteiger partial charge in [-0.3, -0.25) is 4.79 Å². The van der Waals surface area contributed by atoms with Crippen LogP contribution in [0.4, 0.5) is 0 Å². The first-order chi connectivity index (χ1) is 6.49. The van der Waals surface area contributed by atoms with Crippen LogP contribution in [0, 0.1) is 0 Å². The topological polar surface area (TPSA) is 79.9 Å². The number of hydrogen-bond acceptors (Lipinski definition) is 4. The number of halogens is 2. The van der Waals surface area contributed by atoms with E-state index in [1.165, 1.54) is 0 Å². The van der Waals surface area contributed by atoms with Gasteiger partial charge >= 0.3 is 0 Å². The van der Waals surface area contributed by atoms with Gasteiger partial charge in [0, 0.05) is 5.88 Å². The summed E-state index contributed by atoms with van der Waals surface area (Å²) < 4.78 is 22.8. The smallest absolute Gasteiger partial charge is 0.270 e. The number of rotatable bonds is 3. The lowest BCUT2D eigenvalue weighted by Gasteiger charge is -2.01. The second kappa shape index (κ2) is 4.29. The van der Waals surface area contributed by atoms with Gasteiger partial charge in [-0.05, 0) is 0 Å². The number of aromatic nitrogens is 2. The SMILES string of the molecule is O=c1[nH]cnc(S(=O)(=O)CCCl)c1Cl. The standard InChI is InChI=1S/C6H6Cl2N2O3S/c7-1-2-14(12,13)6-4(8)5(11)9-3-10-6/h3H,1-2H2,(H,9,10,11). The van der Waals surface area contributed by atoms with Crippen molar-refractivity contribution in [1.29, 1.82) is 0 Å². The third-order valence-electron chi connectivity index (χ3n) is 1.41. The quantitative estimate of drug-likeness (QED) is 0.629. The van der Waals surface area contributed by atoms with Crippen molar-refractivity contribution in [2.45, 2.75) is 5.03 Å². The van der Waals surface area contributed by atoms with Gasteiger partial charge in [-0.1, -0.05) is 11.6 Å². The second-order valence-corrected chi connectivity index (χ2v) is 5.14. The number of H-pyrrole nitrogens is 1.